The molecule has 1 aromatic heterocycles. The molecule has 2 aromatic rings. The largest absolute Gasteiger partial charge is 0.382 e. The highest BCUT2D eigenvalue weighted by atomic mass is 32.2. The van der Waals surface area contributed by atoms with E-state index in [1.54, 1.807) is 0 Å². The van der Waals surface area contributed by atoms with E-state index in [-0.39, 0.29) is 11.8 Å². The smallest absolute Gasteiger partial charge is 0.149 e. The molecule has 0 radical (unpaired) electrons. The Morgan fingerprint density at radius 3 is 2.53 bits per heavy atom. The second-order valence-electron chi connectivity index (χ2n) is 4.78. The zero-order valence-corrected chi connectivity index (χ0v) is 11.9. The predicted molar refractivity (Wildman–Crippen MR) is 78.6 cm³/mol. The molecular weight excluding hydrogens is 260 g/mol. The quantitative estimate of drug-likeness (QED) is 0.913. The van der Waals surface area contributed by atoms with Crippen molar-refractivity contribution in [3.8, 4) is 5.69 Å². The van der Waals surface area contributed by atoms with E-state index in [2.05, 4.69) is 5.32 Å². The highest BCUT2D eigenvalue weighted by Crippen LogP contribution is 2.16. The SMILES string of the molecule is CC(CS(C)(=O)=O)Nc1cccc(-n2cccc2)c1. The molecule has 2 rings (SSSR count). The summed E-state index contributed by atoms with van der Waals surface area (Å²) in [5.41, 5.74) is 1.96. The maximum Gasteiger partial charge on any atom is 0.149 e. The Balaban J connectivity index is 2.12. The van der Waals surface area contributed by atoms with Crippen LogP contribution in [0.2, 0.25) is 0 Å². The number of nitrogens with one attached hydrogen (secondary N) is 1. The van der Waals surface area contributed by atoms with Crippen LogP contribution in [0.15, 0.2) is 48.8 Å². The molecule has 0 aliphatic rings. The summed E-state index contributed by atoms with van der Waals surface area (Å²) in [6.07, 6.45) is 5.19. The molecule has 0 aliphatic carbocycles. The minimum absolute atomic E-state index is 0.116. The average molecular weight is 278 g/mol. The second kappa shape index (κ2) is 5.48. The monoisotopic (exact) mass is 278 g/mol. The first-order valence-electron chi connectivity index (χ1n) is 6.12. The molecule has 0 saturated heterocycles. The highest BCUT2D eigenvalue weighted by Gasteiger charge is 2.10. The van der Waals surface area contributed by atoms with Crippen LogP contribution >= 0.6 is 0 Å². The van der Waals surface area contributed by atoms with Crippen molar-refractivity contribution < 1.29 is 8.42 Å². The van der Waals surface area contributed by atoms with Crippen molar-refractivity contribution in [2.24, 2.45) is 0 Å². The summed E-state index contributed by atoms with van der Waals surface area (Å²) in [5, 5.41) is 3.21. The molecular formula is C14H18N2O2S. The van der Waals surface area contributed by atoms with Gasteiger partial charge in [-0.05, 0) is 37.3 Å². The molecule has 1 heterocycles. The highest BCUT2D eigenvalue weighted by molar-refractivity contribution is 7.90. The van der Waals surface area contributed by atoms with E-state index in [0.717, 1.165) is 11.4 Å². The summed E-state index contributed by atoms with van der Waals surface area (Å²) in [4.78, 5) is 0. The van der Waals surface area contributed by atoms with Crippen molar-refractivity contribution in [1.29, 1.82) is 0 Å². The van der Waals surface area contributed by atoms with Crippen molar-refractivity contribution in [2.45, 2.75) is 13.0 Å². The number of anilines is 1. The van der Waals surface area contributed by atoms with E-state index in [1.807, 2.05) is 60.3 Å². The lowest BCUT2D eigenvalue weighted by Crippen LogP contribution is -2.24. The molecule has 1 N–H and O–H groups in total. The van der Waals surface area contributed by atoms with E-state index in [9.17, 15) is 8.42 Å². The number of aromatic nitrogens is 1. The molecule has 0 aliphatic heterocycles. The van der Waals surface area contributed by atoms with Crippen molar-refractivity contribution in [1.82, 2.24) is 4.57 Å². The summed E-state index contributed by atoms with van der Waals surface area (Å²) >= 11 is 0. The fourth-order valence-electron chi connectivity index (χ4n) is 2.04. The molecule has 5 heteroatoms. The molecule has 0 amide bonds. The Bertz CT molecular complexity index is 633. The Morgan fingerprint density at radius 1 is 1.21 bits per heavy atom. The minimum Gasteiger partial charge on any atom is -0.382 e. The van der Waals surface area contributed by atoms with Crippen molar-refractivity contribution >= 4 is 15.5 Å². The van der Waals surface area contributed by atoms with Crippen LogP contribution in [0.1, 0.15) is 6.92 Å². The minimum atomic E-state index is -2.96. The molecule has 19 heavy (non-hydrogen) atoms. The van der Waals surface area contributed by atoms with Crippen LogP contribution < -0.4 is 5.32 Å². The van der Waals surface area contributed by atoms with Crippen LogP contribution in [0.3, 0.4) is 0 Å². The molecule has 102 valence electrons. The van der Waals surface area contributed by atoms with E-state index < -0.39 is 9.84 Å². The van der Waals surface area contributed by atoms with Gasteiger partial charge in [-0.25, -0.2) is 8.42 Å². The van der Waals surface area contributed by atoms with Gasteiger partial charge in [-0.2, -0.15) is 0 Å². The lowest BCUT2D eigenvalue weighted by molar-refractivity contribution is 0.598. The molecule has 0 saturated carbocycles. The predicted octanol–water partition coefficient (Wildman–Crippen LogP) is 2.32. The van der Waals surface area contributed by atoms with Gasteiger partial charge in [0.25, 0.3) is 0 Å². The molecule has 1 unspecified atom stereocenters. The first-order chi connectivity index (χ1) is 8.94. The number of hydrogen-bond donors (Lipinski definition) is 1. The van der Waals surface area contributed by atoms with Gasteiger partial charge >= 0.3 is 0 Å². The van der Waals surface area contributed by atoms with Crippen molar-refractivity contribution in [2.75, 3.05) is 17.3 Å². The topological polar surface area (TPSA) is 51.1 Å². The number of benzene rings is 1. The summed E-state index contributed by atoms with van der Waals surface area (Å²) < 4.78 is 24.5. The normalized spacial score (nSPS) is 13.2. The van der Waals surface area contributed by atoms with Crippen LogP contribution in [0.5, 0.6) is 0 Å². The Kier molecular flexibility index (Phi) is 3.95. The van der Waals surface area contributed by atoms with Gasteiger partial charge in [0.1, 0.15) is 9.84 Å². The number of rotatable bonds is 5. The summed E-state index contributed by atoms with van der Waals surface area (Å²) in [5.74, 6) is 0.126. The van der Waals surface area contributed by atoms with Gasteiger partial charge in [0.2, 0.25) is 0 Å². The first kappa shape index (κ1) is 13.7. The van der Waals surface area contributed by atoms with Gasteiger partial charge in [0.05, 0.1) is 5.75 Å². The Morgan fingerprint density at radius 2 is 1.89 bits per heavy atom. The fourth-order valence-corrected chi connectivity index (χ4v) is 3.03. The van der Waals surface area contributed by atoms with Crippen LogP contribution in [0.4, 0.5) is 5.69 Å². The van der Waals surface area contributed by atoms with Gasteiger partial charge in [-0.15, -0.1) is 0 Å². The van der Waals surface area contributed by atoms with Gasteiger partial charge in [0.15, 0.2) is 0 Å². The van der Waals surface area contributed by atoms with Crippen molar-refractivity contribution in [3.05, 3.63) is 48.8 Å². The molecule has 0 bridgehead atoms. The Hall–Kier alpha value is -1.75. The zero-order valence-electron chi connectivity index (χ0n) is 11.1. The molecule has 0 spiro atoms. The second-order valence-corrected chi connectivity index (χ2v) is 6.96. The van der Waals surface area contributed by atoms with Crippen LogP contribution in [0.25, 0.3) is 5.69 Å². The number of nitrogens with zero attached hydrogens (tertiary/aromatic N) is 1. The van der Waals surface area contributed by atoms with Crippen molar-refractivity contribution in [3.63, 3.8) is 0 Å². The number of hydrogen-bond acceptors (Lipinski definition) is 3. The molecule has 4 nitrogen and oxygen atoms in total. The van der Waals surface area contributed by atoms with Crippen LogP contribution in [0, 0.1) is 0 Å². The third kappa shape index (κ3) is 4.13. The van der Waals surface area contributed by atoms with E-state index in [4.69, 9.17) is 0 Å². The lowest BCUT2D eigenvalue weighted by atomic mass is 10.2. The molecule has 1 aromatic carbocycles. The summed E-state index contributed by atoms with van der Waals surface area (Å²) in [6, 6.07) is 11.7. The first-order valence-corrected chi connectivity index (χ1v) is 8.18. The zero-order chi connectivity index (χ0) is 13.9. The maximum atomic E-state index is 11.2. The lowest BCUT2D eigenvalue weighted by Gasteiger charge is -2.15. The molecule has 0 fully saturated rings. The molecule has 1 atom stereocenters. The average Bonchev–Trinajstić information content (AvgIpc) is 2.79. The van der Waals surface area contributed by atoms with E-state index in [1.165, 1.54) is 6.26 Å². The third-order valence-corrected chi connectivity index (χ3v) is 3.82. The number of sulfone groups is 1. The summed E-state index contributed by atoms with van der Waals surface area (Å²) in [7, 11) is -2.96. The van der Waals surface area contributed by atoms with Gasteiger partial charge < -0.3 is 9.88 Å². The maximum absolute atomic E-state index is 11.2. The Labute approximate surface area is 114 Å². The van der Waals surface area contributed by atoms with Crippen LogP contribution in [-0.4, -0.2) is 31.0 Å². The van der Waals surface area contributed by atoms with Crippen LogP contribution in [-0.2, 0) is 9.84 Å². The van der Waals surface area contributed by atoms with Gasteiger partial charge in [-0.3, -0.25) is 0 Å². The van der Waals surface area contributed by atoms with Gasteiger partial charge in [-0.1, -0.05) is 6.07 Å². The third-order valence-electron chi connectivity index (χ3n) is 2.71. The van der Waals surface area contributed by atoms with Gasteiger partial charge in [0, 0.05) is 36.1 Å². The summed E-state index contributed by atoms with van der Waals surface area (Å²) in [6.45, 7) is 1.86. The van der Waals surface area contributed by atoms with E-state index in [0.29, 0.717) is 0 Å². The van der Waals surface area contributed by atoms with E-state index >= 15 is 0 Å². The standard InChI is InChI=1S/C14H18N2O2S/c1-12(11-19(2,17)18)15-13-6-5-7-14(10-13)16-8-3-4-9-16/h3-10,12,15H,11H2,1-2H3. The fraction of sp³-hybridized carbons (Fsp3) is 0.286.